The lowest BCUT2D eigenvalue weighted by Crippen LogP contribution is -2.49. The van der Waals surface area contributed by atoms with Crippen LogP contribution in [0.1, 0.15) is 62.5 Å². The molecule has 1 aromatic rings. The lowest BCUT2D eigenvalue weighted by molar-refractivity contribution is -0.184. The number of hydrogen-bond donors (Lipinski definition) is 1. The monoisotopic (exact) mass is 407 g/mol. The van der Waals surface area contributed by atoms with E-state index in [-0.39, 0.29) is 12.8 Å². The van der Waals surface area contributed by atoms with Crippen LogP contribution in [0, 0.1) is 5.92 Å². The number of benzene rings is 1. The van der Waals surface area contributed by atoms with Crippen molar-refractivity contribution in [1.29, 1.82) is 0 Å². The molecule has 28 heavy (non-hydrogen) atoms. The van der Waals surface area contributed by atoms with E-state index in [0.717, 1.165) is 12.1 Å². The highest BCUT2D eigenvalue weighted by Gasteiger charge is 2.46. The van der Waals surface area contributed by atoms with Crippen molar-refractivity contribution < 1.29 is 31.1 Å². The summed E-state index contributed by atoms with van der Waals surface area (Å²) < 4.78 is 78.4. The van der Waals surface area contributed by atoms with Crippen molar-refractivity contribution in [3.63, 3.8) is 0 Å². The molecule has 1 N–H and O–H groups in total. The van der Waals surface area contributed by atoms with Crippen LogP contribution in [0.2, 0.25) is 0 Å². The van der Waals surface area contributed by atoms with Crippen LogP contribution in [-0.4, -0.2) is 18.1 Å². The van der Waals surface area contributed by atoms with Gasteiger partial charge in [0.1, 0.15) is 0 Å². The quantitative estimate of drug-likeness (QED) is 0.635. The summed E-state index contributed by atoms with van der Waals surface area (Å²) in [6.07, 6.45) is -5.93. The molecule has 0 radical (unpaired) electrons. The van der Waals surface area contributed by atoms with E-state index in [4.69, 9.17) is 0 Å². The second-order valence-corrected chi connectivity index (χ2v) is 7.94. The van der Waals surface area contributed by atoms with Crippen molar-refractivity contribution in [2.75, 3.05) is 0 Å². The van der Waals surface area contributed by atoms with Gasteiger partial charge in [-0.25, -0.2) is 0 Å². The molecule has 2 aliphatic rings. The molecule has 2 fully saturated rings. The van der Waals surface area contributed by atoms with Crippen molar-refractivity contribution in [3.8, 4) is 0 Å². The molecule has 1 aromatic carbocycles. The van der Waals surface area contributed by atoms with Gasteiger partial charge >= 0.3 is 12.4 Å². The van der Waals surface area contributed by atoms with Gasteiger partial charge in [-0.15, -0.1) is 0 Å². The van der Waals surface area contributed by atoms with E-state index in [1.54, 1.807) is 0 Å². The smallest absolute Gasteiger partial charge is 0.353 e. The first kappa shape index (κ1) is 21.0. The Bertz CT molecular complexity index is 705. The van der Waals surface area contributed by atoms with E-state index < -0.39 is 41.2 Å². The minimum atomic E-state index is -4.52. The molecule has 0 aromatic heterocycles. The van der Waals surface area contributed by atoms with Crippen LogP contribution in [0.5, 0.6) is 0 Å². The Morgan fingerprint density at radius 3 is 2.29 bits per heavy atom. The molecule has 2 nitrogen and oxygen atoms in total. The van der Waals surface area contributed by atoms with Crippen LogP contribution in [0.25, 0.3) is 0 Å². The molecule has 0 heterocycles. The highest BCUT2D eigenvalue weighted by molar-refractivity contribution is 5.89. The number of rotatable bonds is 3. The van der Waals surface area contributed by atoms with E-state index in [9.17, 15) is 31.1 Å². The van der Waals surface area contributed by atoms with Crippen molar-refractivity contribution >= 4 is 5.91 Å². The number of carbonyl (C=O) groups excluding carboxylic acids is 1. The van der Waals surface area contributed by atoms with Gasteiger partial charge in [0.05, 0.1) is 16.9 Å². The predicted molar refractivity (Wildman–Crippen MR) is 91.5 cm³/mol. The molecule has 1 amide bonds. The van der Waals surface area contributed by atoms with Gasteiger partial charge in [0.25, 0.3) is 0 Å². The van der Waals surface area contributed by atoms with Gasteiger partial charge in [-0.2, -0.15) is 26.3 Å². The van der Waals surface area contributed by atoms with E-state index >= 15 is 0 Å². The first-order valence-electron chi connectivity index (χ1n) is 9.58. The third kappa shape index (κ3) is 4.30. The second-order valence-electron chi connectivity index (χ2n) is 7.94. The molecule has 0 saturated heterocycles. The number of carbonyl (C=O) groups is 1. The fraction of sp³-hybridized carbons (Fsp3) is 0.650. The van der Waals surface area contributed by atoms with Crippen molar-refractivity contribution in [2.45, 2.75) is 75.2 Å². The van der Waals surface area contributed by atoms with Gasteiger partial charge < -0.3 is 5.32 Å². The Labute approximate surface area is 159 Å². The summed E-state index contributed by atoms with van der Waals surface area (Å²) in [5.41, 5.74) is -1.63. The van der Waals surface area contributed by atoms with Gasteiger partial charge in [0, 0.05) is 6.04 Å². The maximum atomic E-state index is 13.1. The Hall–Kier alpha value is -1.73. The maximum absolute atomic E-state index is 13.1. The van der Waals surface area contributed by atoms with E-state index in [1.807, 2.05) is 0 Å². The summed E-state index contributed by atoms with van der Waals surface area (Å²) in [7, 11) is 0. The number of amides is 1. The molecule has 0 unspecified atom stereocenters. The standard InChI is InChI=1S/C20H23F6NO/c21-19(22,23)14-6-3-5-13(11-14)18(9-1-2-10-18)17(28)27-16-8-4-7-15(12-16)20(24,25)26/h3,5-6,11,15-16H,1-2,4,7-10,12H2,(H,27,28)/t15-,16+/m1/s1. The number of nitrogens with one attached hydrogen (secondary N) is 1. The first-order valence-corrected chi connectivity index (χ1v) is 9.58. The topological polar surface area (TPSA) is 29.1 Å². The highest BCUT2D eigenvalue weighted by atomic mass is 19.4. The summed E-state index contributed by atoms with van der Waals surface area (Å²) >= 11 is 0. The molecule has 0 bridgehead atoms. The zero-order valence-electron chi connectivity index (χ0n) is 15.3. The summed E-state index contributed by atoms with van der Waals surface area (Å²) in [4.78, 5) is 13.1. The highest BCUT2D eigenvalue weighted by Crippen LogP contribution is 2.44. The fourth-order valence-electron chi connectivity index (χ4n) is 4.56. The Morgan fingerprint density at radius 2 is 1.68 bits per heavy atom. The third-order valence-electron chi connectivity index (χ3n) is 6.11. The number of halogens is 6. The fourth-order valence-corrected chi connectivity index (χ4v) is 4.56. The van der Waals surface area contributed by atoms with E-state index in [0.29, 0.717) is 44.1 Å². The Kier molecular flexibility index (Phi) is 5.69. The molecule has 8 heteroatoms. The van der Waals surface area contributed by atoms with E-state index in [2.05, 4.69) is 5.32 Å². The van der Waals surface area contributed by atoms with Gasteiger partial charge in [-0.3, -0.25) is 4.79 Å². The summed E-state index contributed by atoms with van der Waals surface area (Å²) in [6.45, 7) is 0. The zero-order chi connectivity index (χ0) is 20.6. The molecule has 3 rings (SSSR count). The molecule has 156 valence electrons. The summed E-state index contributed by atoms with van der Waals surface area (Å²) in [5.74, 6) is -1.89. The van der Waals surface area contributed by atoms with Crippen LogP contribution in [0.15, 0.2) is 24.3 Å². The molecule has 2 aliphatic carbocycles. The molecule has 0 aliphatic heterocycles. The van der Waals surface area contributed by atoms with Crippen molar-refractivity contribution in [3.05, 3.63) is 35.4 Å². The minimum absolute atomic E-state index is 0.0502. The Morgan fingerprint density at radius 1 is 1.00 bits per heavy atom. The number of hydrogen-bond acceptors (Lipinski definition) is 1. The van der Waals surface area contributed by atoms with Gasteiger partial charge in [0.2, 0.25) is 5.91 Å². The van der Waals surface area contributed by atoms with Crippen LogP contribution >= 0.6 is 0 Å². The summed E-state index contributed by atoms with van der Waals surface area (Å²) in [5, 5.41) is 2.74. The second kappa shape index (κ2) is 7.59. The molecule has 0 spiro atoms. The van der Waals surface area contributed by atoms with Gasteiger partial charge in [-0.05, 0) is 43.7 Å². The SMILES string of the molecule is O=C(N[C@H]1CCC[C@@H](C(F)(F)F)C1)C1(c2cccc(C(F)(F)F)c2)CCCC1. The molecule has 2 atom stereocenters. The third-order valence-corrected chi connectivity index (χ3v) is 6.11. The number of alkyl halides is 6. The van der Waals surface area contributed by atoms with E-state index in [1.165, 1.54) is 12.1 Å². The lowest BCUT2D eigenvalue weighted by atomic mass is 9.76. The minimum Gasteiger partial charge on any atom is -0.353 e. The summed E-state index contributed by atoms with van der Waals surface area (Å²) in [6, 6.07) is 4.16. The normalized spacial score (nSPS) is 25.5. The van der Waals surface area contributed by atoms with Gasteiger partial charge in [0.15, 0.2) is 0 Å². The van der Waals surface area contributed by atoms with Crippen LogP contribution < -0.4 is 5.32 Å². The average molecular weight is 407 g/mol. The average Bonchev–Trinajstić information content (AvgIpc) is 3.12. The predicted octanol–water partition coefficient (Wildman–Crippen LogP) is 5.75. The van der Waals surface area contributed by atoms with Crippen LogP contribution in [0.4, 0.5) is 26.3 Å². The molecular weight excluding hydrogens is 384 g/mol. The zero-order valence-corrected chi connectivity index (χ0v) is 15.3. The van der Waals surface area contributed by atoms with Crippen molar-refractivity contribution in [2.24, 2.45) is 5.92 Å². The van der Waals surface area contributed by atoms with Gasteiger partial charge in [-0.1, -0.05) is 37.5 Å². The Balaban J connectivity index is 1.81. The molecular formula is C20H23F6NO. The molecule has 2 saturated carbocycles. The largest absolute Gasteiger partial charge is 0.416 e. The lowest BCUT2D eigenvalue weighted by Gasteiger charge is -2.35. The maximum Gasteiger partial charge on any atom is 0.416 e. The van der Waals surface area contributed by atoms with Crippen LogP contribution in [0.3, 0.4) is 0 Å². The first-order chi connectivity index (χ1) is 13.0. The van der Waals surface area contributed by atoms with Crippen molar-refractivity contribution in [1.82, 2.24) is 5.32 Å². The van der Waals surface area contributed by atoms with Crippen LogP contribution in [-0.2, 0) is 16.4 Å².